The molecule has 9 nitrogen and oxygen atoms in total. The minimum Gasteiger partial charge on any atom is -0.392 e. The van der Waals surface area contributed by atoms with E-state index in [1.807, 2.05) is 4.72 Å². The van der Waals surface area contributed by atoms with Crippen molar-refractivity contribution in [3.05, 3.63) is 65.6 Å². The molecule has 0 amide bonds. The molecule has 0 atom stereocenters. The summed E-state index contributed by atoms with van der Waals surface area (Å²) in [6, 6.07) is 6.64. The molecule has 0 spiro atoms. The topological polar surface area (TPSA) is 129 Å². The second kappa shape index (κ2) is 9.35. The molecule has 0 aliphatic rings. The third-order valence-electron chi connectivity index (χ3n) is 5.10. The SMILES string of the molecule is CNc1ncc2cc(-c3cccc(NS(=O)(=O)c4cc(F)cc(CO)c4F)c3F)c(NC)nc2n1. The van der Waals surface area contributed by atoms with Crippen LogP contribution in [0.25, 0.3) is 22.2 Å². The molecular formula is C22H19F3N6O3S. The van der Waals surface area contributed by atoms with Crippen molar-refractivity contribution < 1.29 is 26.7 Å². The first kappa shape index (κ1) is 24.2. The smallest absolute Gasteiger partial charge is 0.265 e. The summed E-state index contributed by atoms with van der Waals surface area (Å²) >= 11 is 0. The van der Waals surface area contributed by atoms with Crippen molar-refractivity contribution >= 4 is 38.5 Å². The van der Waals surface area contributed by atoms with E-state index in [0.29, 0.717) is 34.7 Å². The lowest BCUT2D eigenvalue weighted by molar-refractivity contribution is 0.273. The van der Waals surface area contributed by atoms with E-state index in [9.17, 15) is 22.3 Å². The molecule has 35 heavy (non-hydrogen) atoms. The van der Waals surface area contributed by atoms with Gasteiger partial charge in [0.15, 0.2) is 11.5 Å². The highest BCUT2D eigenvalue weighted by molar-refractivity contribution is 7.92. The Morgan fingerprint density at radius 2 is 1.74 bits per heavy atom. The van der Waals surface area contributed by atoms with Gasteiger partial charge in [0.25, 0.3) is 10.0 Å². The van der Waals surface area contributed by atoms with Gasteiger partial charge in [-0.15, -0.1) is 0 Å². The van der Waals surface area contributed by atoms with Gasteiger partial charge < -0.3 is 15.7 Å². The minimum atomic E-state index is -4.75. The van der Waals surface area contributed by atoms with Gasteiger partial charge in [0.1, 0.15) is 22.3 Å². The highest BCUT2D eigenvalue weighted by Gasteiger charge is 2.25. The number of sulfonamides is 1. The normalized spacial score (nSPS) is 11.5. The fraction of sp³-hybridized carbons (Fsp3) is 0.136. The Balaban J connectivity index is 1.80. The van der Waals surface area contributed by atoms with Crippen LogP contribution in [0, 0.1) is 17.5 Å². The standard InChI is InChI=1S/C22H19F3N6O3S/c1-26-21-15(7-11-9-28-22(27-2)30-20(11)29-21)14-4-3-5-16(19(14)25)31-35(33,34)17-8-13(23)6-12(10-32)18(17)24/h3-9,31-32H,10H2,1-2H3,(H2,26,27,28,29,30). The summed E-state index contributed by atoms with van der Waals surface area (Å²) in [6.07, 6.45) is 1.50. The number of nitrogens with zero attached hydrogens (tertiary/aromatic N) is 3. The molecule has 0 fully saturated rings. The zero-order valence-electron chi connectivity index (χ0n) is 18.4. The molecule has 2 aromatic heterocycles. The van der Waals surface area contributed by atoms with Crippen molar-refractivity contribution in [3.63, 3.8) is 0 Å². The van der Waals surface area contributed by atoms with Crippen LogP contribution in [0.4, 0.5) is 30.6 Å². The molecule has 0 aliphatic heterocycles. The summed E-state index contributed by atoms with van der Waals surface area (Å²) < 4.78 is 71.4. The van der Waals surface area contributed by atoms with Gasteiger partial charge in [0.05, 0.1) is 12.3 Å². The van der Waals surface area contributed by atoms with Crippen LogP contribution in [0.2, 0.25) is 0 Å². The van der Waals surface area contributed by atoms with Crippen LogP contribution in [0.1, 0.15) is 5.56 Å². The zero-order chi connectivity index (χ0) is 25.3. The van der Waals surface area contributed by atoms with Gasteiger partial charge in [-0.25, -0.2) is 31.6 Å². The minimum absolute atomic E-state index is 0.0163. The Hall–Kier alpha value is -3.97. The molecule has 0 radical (unpaired) electrons. The molecule has 2 heterocycles. The summed E-state index contributed by atoms with van der Waals surface area (Å²) in [4.78, 5) is 11.7. The number of hydrogen-bond donors (Lipinski definition) is 4. The molecule has 0 saturated carbocycles. The third kappa shape index (κ3) is 4.55. The first-order chi connectivity index (χ1) is 16.7. The summed E-state index contributed by atoms with van der Waals surface area (Å²) in [6.45, 7) is -0.919. The van der Waals surface area contributed by atoms with Gasteiger partial charge in [-0.05, 0) is 24.3 Å². The van der Waals surface area contributed by atoms with Crippen molar-refractivity contribution in [1.29, 1.82) is 0 Å². The second-order valence-electron chi connectivity index (χ2n) is 7.30. The Labute approximate surface area is 198 Å². The lowest BCUT2D eigenvalue weighted by atomic mass is 10.0. The van der Waals surface area contributed by atoms with Crippen LogP contribution in [0.15, 0.2) is 47.5 Å². The maximum absolute atomic E-state index is 15.5. The Kier molecular flexibility index (Phi) is 6.45. The summed E-state index contributed by atoms with van der Waals surface area (Å²) in [5.41, 5.74) is -0.433. The van der Waals surface area contributed by atoms with Crippen LogP contribution < -0.4 is 15.4 Å². The van der Waals surface area contributed by atoms with E-state index in [4.69, 9.17) is 0 Å². The number of hydrogen-bond acceptors (Lipinski definition) is 8. The van der Waals surface area contributed by atoms with E-state index in [1.165, 1.54) is 18.3 Å². The average molecular weight is 504 g/mol. The van der Waals surface area contributed by atoms with Crippen LogP contribution in [0.3, 0.4) is 0 Å². The Morgan fingerprint density at radius 1 is 0.971 bits per heavy atom. The third-order valence-corrected chi connectivity index (χ3v) is 6.47. The maximum Gasteiger partial charge on any atom is 0.265 e. The second-order valence-corrected chi connectivity index (χ2v) is 8.95. The van der Waals surface area contributed by atoms with E-state index >= 15 is 4.39 Å². The zero-order valence-corrected chi connectivity index (χ0v) is 19.2. The molecule has 182 valence electrons. The van der Waals surface area contributed by atoms with E-state index < -0.39 is 50.2 Å². The number of halogens is 3. The molecule has 13 heteroatoms. The Bertz CT molecular complexity index is 1550. The van der Waals surface area contributed by atoms with Gasteiger partial charge in [0, 0.05) is 42.4 Å². The number of aliphatic hydroxyl groups excluding tert-OH is 1. The number of rotatable bonds is 7. The molecule has 0 unspecified atom stereocenters. The molecular weight excluding hydrogens is 485 g/mol. The van der Waals surface area contributed by atoms with E-state index in [1.54, 1.807) is 20.2 Å². The number of nitrogens with one attached hydrogen (secondary N) is 3. The fourth-order valence-corrected chi connectivity index (χ4v) is 4.62. The number of pyridine rings is 1. The lowest BCUT2D eigenvalue weighted by Crippen LogP contribution is -2.17. The first-order valence-corrected chi connectivity index (χ1v) is 11.6. The van der Waals surface area contributed by atoms with Gasteiger partial charge >= 0.3 is 0 Å². The number of benzene rings is 2. The van der Waals surface area contributed by atoms with Crippen molar-refractivity contribution in [2.45, 2.75) is 11.5 Å². The van der Waals surface area contributed by atoms with Crippen LogP contribution in [0.5, 0.6) is 0 Å². The van der Waals surface area contributed by atoms with Crippen LogP contribution in [-0.2, 0) is 16.6 Å². The highest BCUT2D eigenvalue weighted by Crippen LogP contribution is 2.35. The van der Waals surface area contributed by atoms with E-state index in [2.05, 4.69) is 25.6 Å². The summed E-state index contributed by atoms with van der Waals surface area (Å²) in [5, 5.41) is 15.3. The molecule has 0 bridgehead atoms. The maximum atomic E-state index is 15.5. The molecule has 4 aromatic rings. The molecule has 4 rings (SSSR count). The van der Waals surface area contributed by atoms with Crippen molar-refractivity contribution in [3.8, 4) is 11.1 Å². The van der Waals surface area contributed by atoms with Gasteiger partial charge in [0.2, 0.25) is 5.95 Å². The highest BCUT2D eigenvalue weighted by atomic mass is 32.2. The van der Waals surface area contributed by atoms with Crippen LogP contribution >= 0.6 is 0 Å². The van der Waals surface area contributed by atoms with Crippen molar-refractivity contribution in [2.75, 3.05) is 29.5 Å². The predicted molar refractivity (Wildman–Crippen MR) is 125 cm³/mol. The number of anilines is 3. The quantitative estimate of drug-likeness (QED) is 0.301. The first-order valence-electron chi connectivity index (χ1n) is 10.1. The van der Waals surface area contributed by atoms with E-state index in [0.717, 1.165) is 6.07 Å². The number of aliphatic hydroxyl groups is 1. The van der Waals surface area contributed by atoms with Crippen molar-refractivity contribution in [1.82, 2.24) is 15.0 Å². The number of aromatic nitrogens is 3. The molecule has 4 N–H and O–H groups in total. The summed E-state index contributed by atoms with van der Waals surface area (Å²) in [5.74, 6) is -2.78. The lowest BCUT2D eigenvalue weighted by Gasteiger charge is -2.15. The van der Waals surface area contributed by atoms with Gasteiger partial charge in [-0.1, -0.05) is 12.1 Å². The average Bonchev–Trinajstić information content (AvgIpc) is 2.85. The fourth-order valence-electron chi connectivity index (χ4n) is 3.43. The largest absolute Gasteiger partial charge is 0.392 e. The molecule has 0 aliphatic carbocycles. The van der Waals surface area contributed by atoms with Crippen molar-refractivity contribution in [2.24, 2.45) is 0 Å². The van der Waals surface area contributed by atoms with Gasteiger partial charge in [-0.2, -0.15) is 4.98 Å². The van der Waals surface area contributed by atoms with Crippen LogP contribution in [-0.4, -0.2) is 42.6 Å². The summed E-state index contributed by atoms with van der Waals surface area (Å²) in [7, 11) is -1.53. The molecule has 0 saturated heterocycles. The number of fused-ring (bicyclic) bond motifs is 1. The van der Waals surface area contributed by atoms with E-state index in [-0.39, 0.29) is 11.4 Å². The predicted octanol–water partition coefficient (Wildman–Crippen LogP) is 3.49. The van der Waals surface area contributed by atoms with Gasteiger partial charge in [-0.3, -0.25) is 4.72 Å². The monoisotopic (exact) mass is 504 g/mol. The molecule has 2 aromatic carbocycles. The Morgan fingerprint density at radius 3 is 2.43 bits per heavy atom.